The fourth-order valence-electron chi connectivity index (χ4n) is 4.58. The molecule has 0 aromatic heterocycles. The molecule has 1 saturated carbocycles. The molecule has 0 amide bonds. The number of anilines is 1. The largest absolute Gasteiger partial charge is 0.378 e. The number of benzene rings is 1. The first kappa shape index (κ1) is 23.9. The van der Waals surface area contributed by atoms with E-state index in [4.69, 9.17) is 0 Å². The molecule has 0 bridgehead atoms. The van der Waals surface area contributed by atoms with Gasteiger partial charge in [0.25, 0.3) is 5.69 Å². The van der Waals surface area contributed by atoms with Crippen LogP contribution in [0.5, 0.6) is 0 Å². The van der Waals surface area contributed by atoms with Gasteiger partial charge in [0.05, 0.1) is 9.82 Å². The Morgan fingerprint density at radius 2 is 1.71 bits per heavy atom. The van der Waals surface area contributed by atoms with Crippen LogP contribution >= 0.6 is 0 Å². The lowest BCUT2D eigenvalue weighted by Gasteiger charge is -2.40. The van der Waals surface area contributed by atoms with Gasteiger partial charge in [-0.3, -0.25) is 10.1 Å². The molecule has 10 heteroatoms. The quantitative estimate of drug-likeness (QED) is 0.385. The van der Waals surface area contributed by atoms with E-state index < -0.39 is 14.9 Å². The number of piperazine rings is 1. The minimum atomic E-state index is -3.76. The van der Waals surface area contributed by atoms with Crippen molar-refractivity contribution < 1.29 is 13.3 Å². The molecule has 3 rings (SSSR count). The minimum Gasteiger partial charge on any atom is -0.378 e. The molecule has 31 heavy (non-hydrogen) atoms. The van der Waals surface area contributed by atoms with Crippen molar-refractivity contribution in [3.05, 3.63) is 28.3 Å². The number of rotatable bonds is 7. The third-order valence-corrected chi connectivity index (χ3v) is 8.75. The highest BCUT2D eigenvalue weighted by Gasteiger charge is 2.34. The zero-order chi connectivity index (χ0) is 22.6. The van der Waals surface area contributed by atoms with Crippen molar-refractivity contribution in [1.29, 1.82) is 0 Å². The van der Waals surface area contributed by atoms with Gasteiger partial charge < -0.3 is 15.1 Å². The summed E-state index contributed by atoms with van der Waals surface area (Å²) < 4.78 is 27.5. The van der Waals surface area contributed by atoms with Crippen molar-refractivity contribution >= 4 is 21.4 Å². The molecular weight excluding hydrogens is 418 g/mol. The average molecular weight is 454 g/mol. The van der Waals surface area contributed by atoms with Crippen LogP contribution in [-0.4, -0.2) is 86.9 Å². The first-order valence-corrected chi connectivity index (χ1v) is 12.5. The summed E-state index contributed by atoms with van der Waals surface area (Å²) in [4.78, 5) is 15.5. The Hall–Kier alpha value is -1.75. The molecule has 9 nitrogen and oxygen atoms in total. The standard InChI is InChI=1S/C21H35N5O4S/c1-23(2)21(10-6-4-5-7-11-21)17-22-19-9-8-18(16-20(19)26(27)28)31(29,30)25-14-12-24(3)13-15-25/h8-9,16,22H,4-7,10-15,17H2,1-3H3. The summed E-state index contributed by atoms with van der Waals surface area (Å²) in [5, 5.41) is 15.1. The smallest absolute Gasteiger partial charge is 0.293 e. The molecule has 1 saturated heterocycles. The lowest BCUT2D eigenvalue weighted by Crippen LogP contribution is -2.49. The Morgan fingerprint density at radius 1 is 1.10 bits per heavy atom. The highest BCUT2D eigenvalue weighted by Crippen LogP contribution is 2.34. The van der Waals surface area contributed by atoms with Crippen LogP contribution in [0, 0.1) is 10.1 Å². The highest BCUT2D eigenvalue weighted by atomic mass is 32.2. The maximum atomic E-state index is 13.0. The summed E-state index contributed by atoms with van der Waals surface area (Å²) >= 11 is 0. The van der Waals surface area contributed by atoms with Gasteiger partial charge >= 0.3 is 0 Å². The zero-order valence-corrected chi connectivity index (χ0v) is 19.7. The number of likely N-dealkylation sites (N-methyl/N-ethyl adjacent to an activating group) is 2. The minimum absolute atomic E-state index is 0.0221. The molecule has 0 atom stereocenters. The second kappa shape index (κ2) is 9.81. The Labute approximate surface area is 185 Å². The summed E-state index contributed by atoms with van der Waals surface area (Å²) in [5.41, 5.74) is 0.111. The summed E-state index contributed by atoms with van der Waals surface area (Å²) in [5.74, 6) is 0. The van der Waals surface area contributed by atoms with Gasteiger partial charge in [-0.1, -0.05) is 25.7 Å². The van der Waals surface area contributed by atoms with E-state index >= 15 is 0 Å². The fraction of sp³-hybridized carbons (Fsp3) is 0.714. The van der Waals surface area contributed by atoms with Crippen LogP contribution in [0.2, 0.25) is 0 Å². The van der Waals surface area contributed by atoms with Crippen LogP contribution in [0.15, 0.2) is 23.1 Å². The number of nitrogens with zero attached hydrogens (tertiary/aromatic N) is 4. The summed E-state index contributed by atoms with van der Waals surface area (Å²) in [6, 6.07) is 4.23. The number of nitro benzene ring substituents is 1. The molecule has 1 aromatic carbocycles. The van der Waals surface area contributed by atoms with Crippen LogP contribution < -0.4 is 5.32 Å². The molecule has 2 aliphatic rings. The Bertz CT molecular complexity index is 874. The topological polar surface area (TPSA) is 99.0 Å². The number of nitro groups is 1. The van der Waals surface area contributed by atoms with E-state index in [0.29, 0.717) is 38.4 Å². The maximum absolute atomic E-state index is 13.0. The summed E-state index contributed by atoms with van der Waals surface area (Å²) in [6.07, 6.45) is 6.80. The SMILES string of the molecule is CN1CCN(S(=O)(=O)c2ccc(NCC3(N(C)C)CCCCCC3)c([N+](=O)[O-])c2)CC1. The van der Waals surface area contributed by atoms with Gasteiger partial charge in [-0.05, 0) is 46.1 Å². The molecule has 1 N–H and O–H groups in total. The lowest BCUT2D eigenvalue weighted by molar-refractivity contribution is -0.384. The third kappa shape index (κ3) is 5.36. The third-order valence-electron chi connectivity index (χ3n) is 6.86. The maximum Gasteiger partial charge on any atom is 0.293 e. The first-order chi connectivity index (χ1) is 14.7. The van der Waals surface area contributed by atoms with Crippen molar-refractivity contribution in [2.45, 2.75) is 49.0 Å². The second-order valence-electron chi connectivity index (χ2n) is 9.03. The molecule has 174 valence electrons. The van der Waals surface area contributed by atoms with Gasteiger partial charge in [0.1, 0.15) is 5.69 Å². The van der Waals surface area contributed by atoms with Crippen LogP contribution in [0.1, 0.15) is 38.5 Å². The molecule has 2 fully saturated rings. The van der Waals surface area contributed by atoms with Crippen molar-refractivity contribution in [1.82, 2.24) is 14.1 Å². The van der Waals surface area contributed by atoms with Gasteiger partial charge in [0.2, 0.25) is 10.0 Å². The highest BCUT2D eigenvalue weighted by molar-refractivity contribution is 7.89. The monoisotopic (exact) mass is 453 g/mol. The molecular formula is C21H35N5O4S. The number of sulfonamides is 1. The normalized spacial score (nSPS) is 21.0. The predicted octanol–water partition coefficient (Wildman–Crippen LogP) is 2.60. The van der Waals surface area contributed by atoms with Crippen LogP contribution in [-0.2, 0) is 10.0 Å². The molecule has 0 spiro atoms. The van der Waals surface area contributed by atoms with Crippen LogP contribution in [0.25, 0.3) is 0 Å². The van der Waals surface area contributed by atoms with Crippen LogP contribution in [0.3, 0.4) is 0 Å². The summed E-state index contributed by atoms with van der Waals surface area (Å²) in [7, 11) is 2.32. The predicted molar refractivity (Wildman–Crippen MR) is 122 cm³/mol. The number of nitrogens with one attached hydrogen (secondary N) is 1. The molecule has 1 aliphatic heterocycles. The summed E-state index contributed by atoms with van der Waals surface area (Å²) in [6.45, 7) is 2.66. The van der Waals surface area contributed by atoms with Crippen molar-refractivity contribution in [2.75, 3.05) is 59.2 Å². The molecule has 1 aliphatic carbocycles. The Kier molecular flexibility index (Phi) is 7.56. The van der Waals surface area contributed by atoms with Gasteiger partial charge in [-0.25, -0.2) is 8.42 Å². The second-order valence-corrected chi connectivity index (χ2v) is 11.0. The van der Waals surface area contributed by atoms with E-state index in [0.717, 1.165) is 25.7 Å². The van der Waals surface area contributed by atoms with E-state index in [-0.39, 0.29) is 16.1 Å². The van der Waals surface area contributed by atoms with E-state index in [9.17, 15) is 18.5 Å². The molecule has 0 unspecified atom stereocenters. The van der Waals surface area contributed by atoms with E-state index in [1.54, 1.807) is 6.07 Å². The fourth-order valence-corrected chi connectivity index (χ4v) is 6.02. The molecule has 1 aromatic rings. The first-order valence-electron chi connectivity index (χ1n) is 11.0. The van der Waals surface area contributed by atoms with E-state index in [2.05, 4.69) is 29.2 Å². The Balaban J connectivity index is 1.83. The van der Waals surface area contributed by atoms with E-state index in [1.807, 2.05) is 7.05 Å². The lowest BCUT2D eigenvalue weighted by atomic mass is 9.88. The molecule has 1 heterocycles. The average Bonchev–Trinajstić information content (AvgIpc) is 2.99. The van der Waals surface area contributed by atoms with Crippen LogP contribution in [0.4, 0.5) is 11.4 Å². The Morgan fingerprint density at radius 3 is 2.26 bits per heavy atom. The van der Waals surface area contributed by atoms with Crippen molar-refractivity contribution in [3.8, 4) is 0 Å². The van der Waals surface area contributed by atoms with Gasteiger partial charge in [-0.2, -0.15) is 4.31 Å². The van der Waals surface area contributed by atoms with Gasteiger partial charge in [0, 0.05) is 44.3 Å². The van der Waals surface area contributed by atoms with Crippen molar-refractivity contribution in [2.24, 2.45) is 0 Å². The number of hydrogen-bond acceptors (Lipinski definition) is 7. The van der Waals surface area contributed by atoms with E-state index in [1.165, 1.54) is 29.3 Å². The van der Waals surface area contributed by atoms with Gasteiger partial charge in [-0.15, -0.1) is 0 Å². The zero-order valence-electron chi connectivity index (χ0n) is 18.8. The number of hydrogen-bond donors (Lipinski definition) is 1. The van der Waals surface area contributed by atoms with Gasteiger partial charge in [0.15, 0.2) is 0 Å². The molecule has 0 radical (unpaired) electrons. The van der Waals surface area contributed by atoms with Crippen molar-refractivity contribution in [3.63, 3.8) is 0 Å².